The van der Waals surface area contributed by atoms with E-state index < -0.39 is 5.56 Å². The Hall–Kier alpha value is -1.88. The highest BCUT2D eigenvalue weighted by atomic mass is 35.5. The van der Waals surface area contributed by atoms with E-state index in [9.17, 15) is 9.18 Å². The lowest BCUT2D eigenvalue weighted by molar-refractivity contribution is 0.401. The maximum absolute atomic E-state index is 13.0. The molecule has 0 radical (unpaired) electrons. The third-order valence-electron chi connectivity index (χ3n) is 2.40. The molecule has 0 bridgehead atoms. The number of aromatic nitrogens is 2. The Morgan fingerprint density at radius 3 is 2.94 bits per heavy atom. The van der Waals surface area contributed by atoms with E-state index in [0.717, 1.165) is 0 Å². The van der Waals surface area contributed by atoms with Crippen molar-refractivity contribution in [1.29, 1.82) is 0 Å². The van der Waals surface area contributed by atoms with Crippen LogP contribution in [0.5, 0.6) is 5.75 Å². The molecule has 1 aromatic carbocycles. The highest BCUT2D eigenvalue weighted by Crippen LogP contribution is 2.15. The molecule has 0 fully saturated rings. The van der Waals surface area contributed by atoms with Gasteiger partial charge in [0.05, 0.1) is 20.0 Å². The molecule has 0 atom stereocenters. The summed E-state index contributed by atoms with van der Waals surface area (Å²) >= 11 is 5.72. The molecule has 0 unspecified atom stereocenters. The van der Waals surface area contributed by atoms with Gasteiger partial charge in [-0.3, -0.25) is 9.36 Å². The first-order chi connectivity index (χ1) is 8.61. The molecule has 0 saturated heterocycles. The lowest BCUT2D eigenvalue weighted by atomic mass is 10.2. The van der Waals surface area contributed by atoms with Gasteiger partial charge in [0.15, 0.2) is 5.15 Å². The second kappa shape index (κ2) is 5.18. The number of ether oxygens (including phenoxy) is 1. The summed E-state index contributed by atoms with van der Waals surface area (Å²) in [5.41, 5.74) is 0.255. The van der Waals surface area contributed by atoms with E-state index in [0.29, 0.717) is 5.56 Å². The van der Waals surface area contributed by atoms with Crippen molar-refractivity contribution in [3.63, 3.8) is 0 Å². The first-order valence-electron chi connectivity index (χ1n) is 5.15. The summed E-state index contributed by atoms with van der Waals surface area (Å²) in [6.07, 6.45) is 1.30. The third-order valence-corrected chi connectivity index (χ3v) is 2.67. The molecule has 0 N–H and O–H groups in total. The molecule has 0 saturated carbocycles. The molecule has 0 aliphatic carbocycles. The zero-order valence-electron chi connectivity index (χ0n) is 9.56. The zero-order valence-corrected chi connectivity index (χ0v) is 10.3. The van der Waals surface area contributed by atoms with Crippen LogP contribution >= 0.6 is 11.6 Å². The van der Waals surface area contributed by atoms with Crippen LogP contribution in [0.25, 0.3) is 0 Å². The first-order valence-corrected chi connectivity index (χ1v) is 5.53. The van der Waals surface area contributed by atoms with Crippen LogP contribution in [0.4, 0.5) is 4.39 Å². The van der Waals surface area contributed by atoms with E-state index in [-0.39, 0.29) is 23.3 Å². The number of rotatable bonds is 3. The van der Waals surface area contributed by atoms with Gasteiger partial charge in [-0.1, -0.05) is 23.7 Å². The predicted octanol–water partition coefficient (Wildman–Crippen LogP) is 2.09. The molecule has 0 aliphatic heterocycles. The van der Waals surface area contributed by atoms with Crippen LogP contribution in [-0.4, -0.2) is 16.7 Å². The monoisotopic (exact) mass is 268 g/mol. The molecular formula is C12H10ClFN2O2. The van der Waals surface area contributed by atoms with Crippen molar-refractivity contribution >= 4 is 11.6 Å². The average molecular weight is 269 g/mol. The largest absolute Gasteiger partial charge is 0.489 e. The fraction of sp³-hybridized carbons (Fsp3) is 0.167. The molecule has 0 amide bonds. The molecule has 2 rings (SSSR count). The van der Waals surface area contributed by atoms with Crippen LogP contribution in [0.15, 0.2) is 35.4 Å². The molecule has 6 heteroatoms. The molecule has 1 aromatic heterocycles. The predicted molar refractivity (Wildman–Crippen MR) is 65.6 cm³/mol. The van der Waals surface area contributed by atoms with E-state index in [2.05, 4.69) is 4.98 Å². The van der Waals surface area contributed by atoms with Gasteiger partial charge in [-0.25, -0.2) is 9.37 Å². The molecule has 4 nitrogen and oxygen atoms in total. The summed E-state index contributed by atoms with van der Waals surface area (Å²) in [7, 11) is 1.34. The van der Waals surface area contributed by atoms with Crippen LogP contribution in [0, 0.1) is 5.82 Å². The van der Waals surface area contributed by atoms with Crippen LogP contribution in [0.1, 0.15) is 5.56 Å². The Bertz CT molecular complexity index is 628. The van der Waals surface area contributed by atoms with Crippen molar-refractivity contribution in [2.45, 2.75) is 6.54 Å². The Morgan fingerprint density at radius 1 is 1.50 bits per heavy atom. The summed E-state index contributed by atoms with van der Waals surface area (Å²) in [5, 5.41) is 0.0120. The summed E-state index contributed by atoms with van der Waals surface area (Å²) < 4.78 is 19.2. The molecular weight excluding hydrogens is 259 g/mol. The minimum Gasteiger partial charge on any atom is -0.489 e. The highest BCUT2D eigenvalue weighted by Gasteiger charge is 2.10. The SMILES string of the molecule is COc1c(Cl)ncn(Cc2cccc(F)c2)c1=O. The molecule has 1 heterocycles. The van der Waals surface area contributed by atoms with E-state index in [1.165, 1.54) is 30.1 Å². The first kappa shape index (κ1) is 12.6. The van der Waals surface area contributed by atoms with Crippen molar-refractivity contribution in [1.82, 2.24) is 9.55 Å². The highest BCUT2D eigenvalue weighted by molar-refractivity contribution is 6.30. The van der Waals surface area contributed by atoms with Gasteiger partial charge in [0.25, 0.3) is 5.56 Å². The number of benzene rings is 1. The Balaban J connectivity index is 2.39. The quantitative estimate of drug-likeness (QED) is 0.801. The number of hydrogen-bond acceptors (Lipinski definition) is 3. The second-order valence-electron chi connectivity index (χ2n) is 3.63. The van der Waals surface area contributed by atoms with Crippen molar-refractivity contribution in [3.05, 3.63) is 57.5 Å². The Morgan fingerprint density at radius 2 is 2.28 bits per heavy atom. The topological polar surface area (TPSA) is 44.1 Å². The standard InChI is InChI=1S/C12H10ClFN2O2/c1-18-10-11(13)15-7-16(12(10)17)6-8-3-2-4-9(14)5-8/h2-5,7H,6H2,1H3. The molecule has 94 valence electrons. The molecule has 2 aromatic rings. The zero-order chi connectivity index (χ0) is 13.1. The number of nitrogens with zero attached hydrogens (tertiary/aromatic N) is 2. The summed E-state index contributed by atoms with van der Waals surface area (Å²) in [6.45, 7) is 0.205. The average Bonchev–Trinajstić information content (AvgIpc) is 2.34. The van der Waals surface area contributed by atoms with Crippen LogP contribution in [-0.2, 0) is 6.54 Å². The van der Waals surface area contributed by atoms with Gasteiger partial charge in [-0.15, -0.1) is 0 Å². The van der Waals surface area contributed by atoms with Gasteiger partial charge < -0.3 is 4.74 Å². The maximum atomic E-state index is 13.0. The van der Waals surface area contributed by atoms with Gasteiger partial charge in [0.1, 0.15) is 5.82 Å². The number of halogens is 2. The summed E-state index contributed by atoms with van der Waals surface area (Å²) in [5.74, 6) is -0.370. The van der Waals surface area contributed by atoms with E-state index in [1.807, 2.05) is 0 Å². The fourth-order valence-corrected chi connectivity index (χ4v) is 1.77. The number of methoxy groups -OCH3 is 1. The van der Waals surface area contributed by atoms with Gasteiger partial charge in [0, 0.05) is 0 Å². The van der Waals surface area contributed by atoms with E-state index >= 15 is 0 Å². The van der Waals surface area contributed by atoms with Gasteiger partial charge >= 0.3 is 0 Å². The second-order valence-corrected chi connectivity index (χ2v) is 3.99. The Kier molecular flexibility index (Phi) is 3.62. The van der Waals surface area contributed by atoms with Crippen LogP contribution < -0.4 is 10.3 Å². The number of hydrogen-bond donors (Lipinski definition) is 0. The fourth-order valence-electron chi connectivity index (χ4n) is 1.57. The molecule has 18 heavy (non-hydrogen) atoms. The lowest BCUT2D eigenvalue weighted by Gasteiger charge is -2.08. The van der Waals surface area contributed by atoms with E-state index in [4.69, 9.17) is 16.3 Å². The van der Waals surface area contributed by atoms with Gasteiger partial charge in [-0.2, -0.15) is 0 Å². The third kappa shape index (κ3) is 2.51. The van der Waals surface area contributed by atoms with Gasteiger partial charge in [-0.05, 0) is 17.7 Å². The normalized spacial score (nSPS) is 10.4. The maximum Gasteiger partial charge on any atom is 0.297 e. The lowest BCUT2D eigenvalue weighted by Crippen LogP contribution is -2.22. The van der Waals surface area contributed by atoms with Crippen molar-refractivity contribution in [3.8, 4) is 5.75 Å². The molecule has 0 spiro atoms. The Labute approximate surface area is 108 Å². The van der Waals surface area contributed by atoms with Crippen LogP contribution in [0.3, 0.4) is 0 Å². The van der Waals surface area contributed by atoms with Crippen LogP contribution in [0.2, 0.25) is 5.15 Å². The summed E-state index contributed by atoms with van der Waals surface area (Å²) in [4.78, 5) is 15.8. The van der Waals surface area contributed by atoms with Crippen molar-refractivity contribution < 1.29 is 9.13 Å². The minimum absolute atomic E-state index is 0.0120. The molecule has 0 aliphatic rings. The smallest absolute Gasteiger partial charge is 0.297 e. The summed E-state index contributed by atoms with van der Waals surface area (Å²) in [6, 6.07) is 5.99. The van der Waals surface area contributed by atoms with Crippen molar-refractivity contribution in [2.24, 2.45) is 0 Å². The van der Waals surface area contributed by atoms with Crippen molar-refractivity contribution in [2.75, 3.05) is 7.11 Å². The van der Waals surface area contributed by atoms with E-state index in [1.54, 1.807) is 12.1 Å². The van der Waals surface area contributed by atoms with Gasteiger partial charge in [0.2, 0.25) is 5.75 Å². The minimum atomic E-state index is -0.401.